The molecule has 0 radical (unpaired) electrons. The van der Waals surface area contributed by atoms with Gasteiger partial charge in [0.2, 0.25) is 10.0 Å². The summed E-state index contributed by atoms with van der Waals surface area (Å²) in [7, 11) is -4.06. The molecule has 1 rings (SSSR count). The molecule has 1 aromatic rings. The molecule has 0 spiro atoms. The van der Waals surface area contributed by atoms with Gasteiger partial charge in [0, 0.05) is 18.7 Å². The molecule has 0 saturated heterocycles. The number of hydrogen-bond donors (Lipinski definition) is 2. The van der Waals surface area contributed by atoms with Crippen LogP contribution in [0, 0.1) is 12.7 Å². The van der Waals surface area contributed by atoms with Crippen LogP contribution in [0.15, 0.2) is 17.0 Å². The largest absolute Gasteiger partial charge is 0.478 e. The average molecular weight is 319 g/mol. The third-order valence-electron chi connectivity index (χ3n) is 2.98. The Kier molecular flexibility index (Phi) is 5.82. The highest BCUT2D eigenvalue weighted by Crippen LogP contribution is 2.24. The predicted octanol–water partition coefficient (Wildman–Crippen LogP) is 1.23. The number of benzene rings is 1. The maximum absolute atomic E-state index is 13.8. The van der Waals surface area contributed by atoms with Crippen molar-refractivity contribution >= 4 is 16.0 Å². The van der Waals surface area contributed by atoms with Gasteiger partial charge in [-0.05, 0) is 25.5 Å². The van der Waals surface area contributed by atoms with Crippen LogP contribution in [0.2, 0.25) is 0 Å². The van der Waals surface area contributed by atoms with E-state index in [0.717, 1.165) is 16.4 Å². The molecule has 0 aliphatic carbocycles. The first-order valence-electron chi connectivity index (χ1n) is 6.40. The Hall–Kier alpha value is -1.51. The second-order valence-corrected chi connectivity index (χ2v) is 6.42. The first kappa shape index (κ1) is 17.5. The van der Waals surface area contributed by atoms with E-state index in [9.17, 15) is 17.6 Å². The maximum atomic E-state index is 13.8. The molecule has 2 N–H and O–H groups in total. The van der Waals surface area contributed by atoms with E-state index in [1.54, 1.807) is 6.92 Å². The lowest BCUT2D eigenvalue weighted by Crippen LogP contribution is -2.35. The summed E-state index contributed by atoms with van der Waals surface area (Å²) in [5.41, 5.74) is -0.573. The molecule has 0 bridgehead atoms. The number of aliphatic hydroxyl groups excluding tert-OH is 1. The van der Waals surface area contributed by atoms with Crippen molar-refractivity contribution in [1.29, 1.82) is 0 Å². The number of rotatable bonds is 7. The van der Waals surface area contributed by atoms with Gasteiger partial charge < -0.3 is 10.2 Å². The minimum Gasteiger partial charge on any atom is -0.478 e. The van der Waals surface area contributed by atoms with Crippen molar-refractivity contribution in [1.82, 2.24) is 4.31 Å². The second kappa shape index (κ2) is 6.97. The molecular weight excluding hydrogens is 301 g/mol. The first-order chi connectivity index (χ1) is 9.75. The number of hydrogen-bond acceptors (Lipinski definition) is 4. The lowest BCUT2D eigenvalue weighted by atomic mass is 10.1. The summed E-state index contributed by atoms with van der Waals surface area (Å²) < 4.78 is 39.8. The van der Waals surface area contributed by atoms with Crippen molar-refractivity contribution in [2.75, 3.05) is 19.7 Å². The van der Waals surface area contributed by atoms with Gasteiger partial charge in [-0.25, -0.2) is 17.6 Å². The molecule has 0 aromatic heterocycles. The van der Waals surface area contributed by atoms with E-state index in [-0.39, 0.29) is 30.2 Å². The zero-order valence-electron chi connectivity index (χ0n) is 11.8. The molecule has 0 fully saturated rings. The molecule has 0 unspecified atom stereocenters. The van der Waals surface area contributed by atoms with Crippen LogP contribution in [0.25, 0.3) is 0 Å². The topological polar surface area (TPSA) is 94.9 Å². The molecule has 6 nitrogen and oxygen atoms in total. The zero-order valence-corrected chi connectivity index (χ0v) is 12.7. The van der Waals surface area contributed by atoms with E-state index < -0.39 is 27.4 Å². The van der Waals surface area contributed by atoms with Crippen molar-refractivity contribution in [2.24, 2.45) is 0 Å². The van der Waals surface area contributed by atoms with E-state index >= 15 is 0 Å². The van der Waals surface area contributed by atoms with Crippen molar-refractivity contribution in [3.63, 3.8) is 0 Å². The van der Waals surface area contributed by atoms with Gasteiger partial charge in [0.05, 0.1) is 17.1 Å². The highest BCUT2D eigenvalue weighted by Gasteiger charge is 2.27. The minimum atomic E-state index is -4.06. The third kappa shape index (κ3) is 3.78. The van der Waals surface area contributed by atoms with Crippen molar-refractivity contribution in [3.05, 3.63) is 29.1 Å². The van der Waals surface area contributed by atoms with E-state index in [4.69, 9.17) is 10.2 Å². The number of carboxylic acid groups (broad SMARTS) is 1. The summed E-state index contributed by atoms with van der Waals surface area (Å²) in [5, 5.41) is 17.9. The lowest BCUT2D eigenvalue weighted by molar-refractivity contribution is 0.0696. The van der Waals surface area contributed by atoms with E-state index in [0.29, 0.717) is 6.42 Å². The number of sulfonamides is 1. The van der Waals surface area contributed by atoms with Crippen LogP contribution in [-0.2, 0) is 10.0 Å². The Labute approximate surface area is 122 Å². The molecule has 21 heavy (non-hydrogen) atoms. The third-order valence-corrected chi connectivity index (χ3v) is 5.01. The molecule has 0 aliphatic rings. The average Bonchev–Trinajstić information content (AvgIpc) is 2.40. The highest BCUT2D eigenvalue weighted by atomic mass is 32.2. The summed E-state index contributed by atoms with van der Waals surface area (Å²) in [6.07, 6.45) is 0.513. The van der Waals surface area contributed by atoms with Crippen molar-refractivity contribution in [3.8, 4) is 0 Å². The molecule has 8 heteroatoms. The molecule has 118 valence electrons. The fourth-order valence-electron chi connectivity index (χ4n) is 1.90. The SMILES string of the molecule is CCCN(CCO)S(=O)(=O)c1cc(C(=O)O)cc(F)c1C. The molecule has 1 aromatic carbocycles. The standard InChI is InChI=1S/C13H18FNO5S/c1-3-4-15(5-6-16)21(19,20)12-8-10(13(17)18)7-11(14)9(12)2/h7-8,16H,3-6H2,1-2H3,(H,17,18). The molecule has 0 heterocycles. The fraction of sp³-hybridized carbons (Fsp3) is 0.462. The van der Waals surface area contributed by atoms with E-state index in [1.807, 2.05) is 0 Å². The molecule has 0 amide bonds. The summed E-state index contributed by atoms with van der Waals surface area (Å²) in [6, 6.07) is 1.73. The van der Waals surface area contributed by atoms with E-state index in [2.05, 4.69) is 0 Å². The first-order valence-corrected chi connectivity index (χ1v) is 7.84. The van der Waals surface area contributed by atoms with Gasteiger partial charge in [0.25, 0.3) is 0 Å². The Balaban J connectivity index is 3.45. The van der Waals surface area contributed by atoms with Gasteiger partial charge in [-0.15, -0.1) is 0 Å². The van der Waals surface area contributed by atoms with Crippen LogP contribution in [0.4, 0.5) is 4.39 Å². The van der Waals surface area contributed by atoms with Crippen LogP contribution < -0.4 is 0 Å². The molecular formula is C13H18FNO5S. The van der Waals surface area contributed by atoms with Crippen LogP contribution in [0.5, 0.6) is 0 Å². The Morgan fingerprint density at radius 1 is 1.33 bits per heavy atom. The number of carboxylic acids is 1. The molecule has 0 aliphatic heterocycles. The van der Waals surface area contributed by atoms with Crippen molar-refractivity contribution < 1.29 is 27.8 Å². The maximum Gasteiger partial charge on any atom is 0.335 e. The monoisotopic (exact) mass is 319 g/mol. The minimum absolute atomic E-state index is 0.130. The van der Waals surface area contributed by atoms with Gasteiger partial charge >= 0.3 is 5.97 Å². The summed E-state index contributed by atoms with van der Waals surface area (Å²) >= 11 is 0. The van der Waals surface area contributed by atoms with Crippen LogP contribution in [0.3, 0.4) is 0 Å². The highest BCUT2D eigenvalue weighted by molar-refractivity contribution is 7.89. The fourth-order valence-corrected chi connectivity index (χ4v) is 3.68. The zero-order chi connectivity index (χ0) is 16.2. The Bertz CT molecular complexity index is 624. The Morgan fingerprint density at radius 2 is 1.95 bits per heavy atom. The number of aromatic carboxylic acids is 1. The van der Waals surface area contributed by atoms with Crippen LogP contribution in [-0.4, -0.2) is 48.6 Å². The number of halogens is 1. The smallest absolute Gasteiger partial charge is 0.335 e. The summed E-state index contributed by atoms with van der Waals surface area (Å²) in [5.74, 6) is -2.30. The summed E-state index contributed by atoms with van der Waals surface area (Å²) in [4.78, 5) is 10.6. The van der Waals surface area contributed by atoms with Gasteiger partial charge in [0.15, 0.2) is 0 Å². The predicted molar refractivity (Wildman–Crippen MR) is 74.2 cm³/mol. The second-order valence-electron chi connectivity index (χ2n) is 4.51. The van der Waals surface area contributed by atoms with Crippen LogP contribution >= 0.6 is 0 Å². The molecule has 0 saturated carbocycles. The van der Waals surface area contributed by atoms with Crippen LogP contribution in [0.1, 0.15) is 29.3 Å². The van der Waals surface area contributed by atoms with Gasteiger partial charge in [-0.1, -0.05) is 6.92 Å². The van der Waals surface area contributed by atoms with Gasteiger partial charge in [-0.2, -0.15) is 4.31 Å². The van der Waals surface area contributed by atoms with Gasteiger partial charge in [0.1, 0.15) is 5.82 Å². The summed E-state index contributed by atoms with van der Waals surface area (Å²) in [6.45, 7) is 2.69. The van der Waals surface area contributed by atoms with Gasteiger partial charge in [-0.3, -0.25) is 0 Å². The Morgan fingerprint density at radius 3 is 2.43 bits per heavy atom. The lowest BCUT2D eigenvalue weighted by Gasteiger charge is -2.22. The number of aliphatic hydroxyl groups is 1. The number of carbonyl (C=O) groups is 1. The number of nitrogens with zero attached hydrogens (tertiary/aromatic N) is 1. The van der Waals surface area contributed by atoms with E-state index in [1.165, 1.54) is 6.92 Å². The van der Waals surface area contributed by atoms with Crippen molar-refractivity contribution in [2.45, 2.75) is 25.2 Å². The normalized spacial score (nSPS) is 11.9. The quantitative estimate of drug-likeness (QED) is 0.788. The molecule has 0 atom stereocenters.